The lowest BCUT2D eigenvalue weighted by Crippen LogP contribution is -2.26. The van der Waals surface area contributed by atoms with E-state index in [1.165, 1.54) is 12.8 Å². The van der Waals surface area contributed by atoms with Gasteiger partial charge >= 0.3 is 0 Å². The molecule has 0 atom stereocenters. The fourth-order valence-corrected chi connectivity index (χ4v) is 2.75. The van der Waals surface area contributed by atoms with Gasteiger partial charge < -0.3 is 15.8 Å². The standard InChI is InChI=1S/C13H14ClN3O2/c14-10-4-8(12(15)16-19)3-9-6-17(5-7-1-2-7)13(18)11(9)10/h3-4,7,19H,1-2,5-6H2,(H2,15,16). The first-order valence-corrected chi connectivity index (χ1v) is 6.57. The third-order valence-electron chi connectivity index (χ3n) is 3.61. The summed E-state index contributed by atoms with van der Waals surface area (Å²) in [4.78, 5) is 14.1. The zero-order valence-electron chi connectivity index (χ0n) is 10.3. The van der Waals surface area contributed by atoms with Crippen LogP contribution in [0.4, 0.5) is 0 Å². The molecule has 0 aromatic heterocycles. The Balaban J connectivity index is 1.95. The minimum atomic E-state index is -0.0158. The third kappa shape index (κ3) is 2.14. The number of rotatable bonds is 3. The fourth-order valence-electron chi connectivity index (χ4n) is 2.43. The van der Waals surface area contributed by atoms with Crippen molar-refractivity contribution < 1.29 is 10.0 Å². The number of nitrogens with zero attached hydrogens (tertiary/aromatic N) is 2. The van der Waals surface area contributed by atoms with Gasteiger partial charge in [-0.15, -0.1) is 0 Å². The van der Waals surface area contributed by atoms with Crippen LogP contribution in [0.15, 0.2) is 17.3 Å². The molecule has 1 fully saturated rings. The van der Waals surface area contributed by atoms with Crippen molar-refractivity contribution in [3.05, 3.63) is 33.8 Å². The number of oxime groups is 1. The molecule has 2 aliphatic rings. The first kappa shape index (κ1) is 12.3. The van der Waals surface area contributed by atoms with E-state index in [1.54, 1.807) is 12.1 Å². The van der Waals surface area contributed by atoms with Gasteiger partial charge in [-0.1, -0.05) is 16.8 Å². The molecule has 1 heterocycles. The van der Waals surface area contributed by atoms with Crippen molar-refractivity contribution in [2.75, 3.05) is 6.54 Å². The van der Waals surface area contributed by atoms with Crippen LogP contribution >= 0.6 is 11.6 Å². The molecule has 0 radical (unpaired) electrons. The van der Waals surface area contributed by atoms with E-state index >= 15 is 0 Å². The van der Waals surface area contributed by atoms with E-state index in [1.807, 2.05) is 4.90 Å². The number of nitrogens with two attached hydrogens (primary N) is 1. The van der Waals surface area contributed by atoms with E-state index in [0.717, 1.165) is 12.1 Å². The van der Waals surface area contributed by atoms with E-state index in [4.69, 9.17) is 22.5 Å². The molecule has 1 aliphatic carbocycles. The lowest BCUT2D eigenvalue weighted by molar-refractivity contribution is 0.0771. The SMILES string of the molecule is NC(=NO)c1cc(Cl)c2c(c1)CN(CC1CC1)C2=O. The predicted octanol–water partition coefficient (Wildman–Crippen LogP) is 1.80. The monoisotopic (exact) mass is 279 g/mol. The second kappa shape index (κ2) is 4.42. The minimum absolute atomic E-state index is 0.00204. The lowest BCUT2D eigenvalue weighted by Gasteiger charge is -2.14. The molecule has 5 nitrogen and oxygen atoms in total. The number of amides is 1. The number of carbonyl (C=O) groups excluding carboxylic acids is 1. The number of halogens is 1. The highest BCUT2D eigenvalue weighted by Gasteiger charge is 2.34. The topological polar surface area (TPSA) is 78.9 Å². The Labute approximate surface area is 115 Å². The van der Waals surface area contributed by atoms with Crippen LogP contribution in [0.5, 0.6) is 0 Å². The Morgan fingerprint density at radius 3 is 2.89 bits per heavy atom. The summed E-state index contributed by atoms with van der Waals surface area (Å²) in [6.07, 6.45) is 2.40. The highest BCUT2D eigenvalue weighted by Crippen LogP contribution is 2.35. The number of amidine groups is 1. The first-order valence-electron chi connectivity index (χ1n) is 6.19. The zero-order chi connectivity index (χ0) is 13.6. The first-order chi connectivity index (χ1) is 9.10. The molecule has 1 aromatic carbocycles. The maximum absolute atomic E-state index is 12.3. The fraction of sp³-hybridized carbons (Fsp3) is 0.385. The number of benzene rings is 1. The molecule has 1 amide bonds. The molecule has 3 N–H and O–H groups in total. The van der Waals surface area contributed by atoms with E-state index in [-0.39, 0.29) is 11.7 Å². The van der Waals surface area contributed by atoms with Gasteiger partial charge in [0.15, 0.2) is 5.84 Å². The molecular formula is C13H14ClN3O2. The van der Waals surface area contributed by atoms with Crippen LogP contribution in [-0.2, 0) is 6.54 Å². The zero-order valence-corrected chi connectivity index (χ0v) is 11.0. The molecule has 6 heteroatoms. The average Bonchev–Trinajstić information content (AvgIpc) is 3.14. The van der Waals surface area contributed by atoms with Gasteiger partial charge in [0.25, 0.3) is 5.91 Å². The van der Waals surface area contributed by atoms with Crippen LogP contribution in [-0.4, -0.2) is 28.4 Å². The van der Waals surface area contributed by atoms with E-state index in [0.29, 0.717) is 28.6 Å². The Bertz CT molecular complexity index is 581. The molecule has 0 spiro atoms. The summed E-state index contributed by atoms with van der Waals surface area (Å²) in [5.74, 6) is 0.622. The molecule has 3 rings (SSSR count). The molecule has 0 saturated heterocycles. The largest absolute Gasteiger partial charge is 0.409 e. The van der Waals surface area contributed by atoms with E-state index in [2.05, 4.69) is 5.16 Å². The van der Waals surface area contributed by atoms with Gasteiger partial charge in [0.2, 0.25) is 0 Å². The van der Waals surface area contributed by atoms with Gasteiger partial charge in [-0.25, -0.2) is 0 Å². The summed E-state index contributed by atoms with van der Waals surface area (Å²) in [5, 5.41) is 12.0. The quantitative estimate of drug-likeness (QED) is 0.383. The molecule has 0 bridgehead atoms. The van der Waals surface area contributed by atoms with E-state index in [9.17, 15) is 4.79 Å². The van der Waals surface area contributed by atoms with Gasteiger partial charge in [-0.3, -0.25) is 4.79 Å². The normalized spacial score (nSPS) is 18.9. The smallest absolute Gasteiger partial charge is 0.256 e. The van der Waals surface area contributed by atoms with Crippen LogP contribution in [0.25, 0.3) is 0 Å². The highest BCUT2D eigenvalue weighted by atomic mass is 35.5. The van der Waals surface area contributed by atoms with Crippen molar-refractivity contribution in [1.82, 2.24) is 4.90 Å². The molecule has 100 valence electrons. The molecule has 1 aromatic rings. The van der Waals surface area contributed by atoms with Crippen LogP contribution < -0.4 is 5.73 Å². The van der Waals surface area contributed by atoms with Crippen molar-refractivity contribution >= 4 is 23.3 Å². The van der Waals surface area contributed by atoms with Gasteiger partial charge in [0.05, 0.1) is 10.6 Å². The average molecular weight is 280 g/mol. The van der Waals surface area contributed by atoms with Gasteiger partial charge in [0.1, 0.15) is 0 Å². The summed E-state index contributed by atoms with van der Waals surface area (Å²) in [6, 6.07) is 3.33. The predicted molar refractivity (Wildman–Crippen MR) is 71.4 cm³/mol. The van der Waals surface area contributed by atoms with Crippen LogP contribution in [0.3, 0.4) is 0 Å². The summed E-state index contributed by atoms with van der Waals surface area (Å²) in [6.45, 7) is 1.35. The van der Waals surface area contributed by atoms with Crippen molar-refractivity contribution in [3.8, 4) is 0 Å². The van der Waals surface area contributed by atoms with Crippen molar-refractivity contribution in [1.29, 1.82) is 0 Å². The summed E-state index contributed by atoms with van der Waals surface area (Å²) >= 11 is 6.15. The summed E-state index contributed by atoms with van der Waals surface area (Å²) in [5.41, 5.74) is 7.49. The Hall–Kier alpha value is -1.75. The Morgan fingerprint density at radius 2 is 2.26 bits per heavy atom. The summed E-state index contributed by atoms with van der Waals surface area (Å²) < 4.78 is 0. The maximum atomic E-state index is 12.3. The second-order valence-corrected chi connectivity index (χ2v) is 5.51. The van der Waals surface area contributed by atoms with Crippen LogP contribution in [0.1, 0.15) is 34.3 Å². The maximum Gasteiger partial charge on any atom is 0.256 e. The van der Waals surface area contributed by atoms with Crippen molar-refractivity contribution in [3.63, 3.8) is 0 Å². The highest BCUT2D eigenvalue weighted by molar-refractivity contribution is 6.34. The number of carbonyl (C=O) groups is 1. The van der Waals surface area contributed by atoms with Crippen LogP contribution in [0, 0.1) is 5.92 Å². The molecule has 19 heavy (non-hydrogen) atoms. The third-order valence-corrected chi connectivity index (χ3v) is 3.91. The molecule has 0 unspecified atom stereocenters. The van der Waals surface area contributed by atoms with E-state index < -0.39 is 0 Å². The van der Waals surface area contributed by atoms with Crippen molar-refractivity contribution in [2.45, 2.75) is 19.4 Å². The van der Waals surface area contributed by atoms with Crippen LogP contribution in [0.2, 0.25) is 5.02 Å². The Morgan fingerprint density at radius 1 is 1.53 bits per heavy atom. The number of fused-ring (bicyclic) bond motifs is 1. The second-order valence-electron chi connectivity index (χ2n) is 5.11. The molecule has 1 aliphatic heterocycles. The number of hydrogen-bond acceptors (Lipinski definition) is 3. The van der Waals surface area contributed by atoms with Gasteiger partial charge in [-0.2, -0.15) is 0 Å². The summed E-state index contributed by atoms with van der Waals surface area (Å²) in [7, 11) is 0. The Kier molecular flexibility index (Phi) is 2.86. The van der Waals surface area contributed by atoms with Crippen molar-refractivity contribution in [2.24, 2.45) is 16.8 Å². The molecular weight excluding hydrogens is 266 g/mol. The minimum Gasteiger partial charge on any atom is -0.409 e. The van der Waals surface area contributed by atoms with Gasteiger partial charge in [-0.05, 0) is 36.5 Å². The van der Waals surface area contributed by atoms with Gasteiger partial charge in [0, 0.05) is 18.7 Å². The number of hydrogen-bond donors (Lipinski definition) is 2. The lowest BCUT2D eigenvalue weighted by atomic mass is 10.1. The molecule has 1 saturated carbocycles.